The first-order chi connectivity index (χ1) is 49.4. The number of nitrogens with zero attached hydrogens (tertiary/aromatic N) is 12. The van der Waals surface area contributed by atoms with Gasteiger partial charge in [0.05, 0.1) is 34.1 Å². The van der Waals surface area contributed by atoms with Crippen molar-refractivity contribution in [3.63, 3.8) is 0 Å². The van der Waals surface area contributed by atoms with Crippen LogP contribution in [0.2, 0.25) is 0 Å². The van der Waals surface area contributed by atoms with Crippen molar-refractivity contribution in [2.75, 3.05) is 122 Å². The summed E-state index contributed by atoms with van der Waals surface area (Å²) in [5.41, 5.74) is 31.5. The van der Waals surface area contributed by atoms with Gasteiger partial charge < -0.3 is 52.0 Å². The molecule has 0 aliphatic carbocycles. The van der Waals surface area contributed by atoms with Crippen LogP contribution in [0, 0.1) is 0 Å². The minimum Gasteiger partial charge on any atom is -0.369 e. The van der Waals surface area contributed by atoms with E-state index in [1.807, 2.05) is 76.2 Å². The van der Waals surface area contributed by atoms with E-state index < -0.39 is 11.8 Å². The molecule has 3 aliphatic rings. The molecular weight excluding hydrogens is 1260 g/mol. The third kappa shape index (κ3) is 15.1. The van der Waals surface area contributed by atoms with Crippen LogP contribution in [0.5, 0.6) is 0 Å². The average Bonchev–Trinajstić information content (AvgIpc) is 1.72. The summed E-state index contributed by atoms with van der Waals surface area (Å²) in [7, 11) is 0. The lowest BCUT2D eigenvalue weighted by Crippen LogP contribution is -2.48. The molecule has 3 aliphatic heterocycles. The number of H-pyrrole nitrogens is 1. The zero-order valence-corrected chi connectivity index (χ0v) is 57.9. The number of pyridine rings is 3. The zero-order valence-electron chi connectivity index (χ0n) is 57.9. The fourth-order valence-corrected chi connectivity index (χ4v) is 14.0. The van der Waals surface area contributed by atoms with Gasteiger partial charge in [0.15, 0.2) is 16.9 Å². The fraction of sp³-hybridized carbons (Fsp3) is 0.247. The van der Waals surface area contributed by atoms with Crippen LogP contribution in [0.15, 0.2) is 225 Å². The van der Waals surface area contributed by atoms with Gasteiger partial charge in [-0.3, -0.25) is 32.6 Å². The van der Waals surface area contributed by atoms with Crippen LogP contribution in [-0.4, -0.2) is 157 Å². The van der Waals surface area contributed by atoms with Crippen molar-refractivity contribution in [3.8, 4) is 33.8 Å². The van der Waals surface area contributed by atoms with E-state index >= 15 is 0 Å². The average molecular weight is 1350 g/mol. The maximum atomic E-state index is 11.4. The SMILES string of the molecule is CC(C)N1CCN(c2ccc(Nc3ccc(-c4ccc5cc[nH]c5c4)n4ccnc34)cc2)CC1.CCCN1CCN(c2ccc(Nc3ccc(-c4ccc(C(N)=O)cc4)n4ccnc34)cc2)CC1.CCN1CCN(c2ccc(Nc3ccc(-c4ccc(C(N)=O)cc4)n4ccnc34)cc2)CC1. The highest BCUT2D eigenvalue weighted by atomic mass is 16.1. The number of nitrogens with two attached hydrogens (primary N) is 2. The number of hydrogen-bond acceptors (Lipinski definition) is 14. The molecule has 13 aromatic rings. The molecule has 0 bridgehead atoms. The second-order valence-corrected chi connectivity index (χ2v) is 26.3. The maximum absolute atomic E-state index is 11.4. The van der Waals surface area contributed by atoms with Crippen LogP contribution in [0.4, 0.5) is 51.2 Å². The first-order valence-corrected chi connectivity index (χ1v) is 35.2. The summed E-state index contributed by atoms with van der Waals surface area (Å²) in [6, 6.07) is 62.3. The van der Waals surface area contributed by atoms with E-state index in [4.69, 9.17) is 11.5 Å². The van der Waals surface area contributed by atoms with Gasteiger partial charge in [-0.15, -0.1) is 0 Å². The molecule has 7 aromatic heterocycles. The van der Waals surface area contributed by atoms with Gasteiger partial charge in [0, 0.05) is 184 Å². The lowest BCUT2D eigenvalue weighted by Gasteiger charge is -2.38. The monoisotopic (exact) mass is 1340 g/mol. The lowest BCUT2D eigenvalue weighted by molar-refractivity contribution is 0.0992. The number of aromatic nitrogens is 7. The molecular formula is C81H88N18O2. The van der Waals surface area contributed by atoms with Gasteiger partial charge in [0.25, 0.3) is 0 Å². The van der Waals surface area contributed by atoms with Crippen molar-refractivity contribution < 1.29 is 9.59 Å². The number of hydrogen-bond donors (Lipinski definition) is 6. The third-order valence-electron chi connectivity index (χ3n) is 19.7. The van der Waals surface area contributed by atoms with Gasteiger partial charge in [-0.2, -0.15) is 0 Å². The normalized spacial score (nSPS) is 14.6. The molecule has 101 heavy (non-hydrogen) atoms. The van der Waals surface area contributed by atoms with Gasteiger partial charge in [-0.05, 0) is 195 Å². The molecule has 20 nitrogen and oxygen atoms in total. The van der Waals surface area contributed by atoms with Crippen LogP contribution in [-0.2, 0) is 0 Å². The zero-order chi connectivity index (χ0) is 69.3. The number of piperazine rings is 3. The topological polar surface area (TPSA) is 209 Å². The summed E-state index contributed by atoms with van der Waals surface area (Å²) in [5.74, 6) is -0.855. The molecule has 10 heterocycles. The molecule has 3 fully saturated rings. The van der Waals surface area contributed by atoms with Crippen molar-refractivity contribution in [2.45, 2.75) is 40.2 Å². The molecule has 8 N–H and O–H groups in total. The summed E-state index contributed by atoms with van der Waals surface area (Å²) in [4.78, 5) is 54.8. The molecule has 3 saturated heterocycles. The van der Waals surface area contributed by atoms with Gasteiger partial charge in [-0.1, -0.05) is 50.2 Å². The van der Waals surface area contributed by atoms with Gasteiger partial charge in [0.2, 0.25) is 11.8 Å². The Morgan fingerprint density at radius 3 is 1.19 bits per heavy atom. The van der Waals surface area contributed by atoms with E-state index in [9.17, 15) is 9.59 Å². The minimum absolute atomic E-state index is 0.427. The van der Waals surface area contributed by atoms with E-state index in [0.29, 0.717) is 17.2 Å². The van der Waals surface area contributed by atoms with Crippen LogP contribution < -0.4 is 42.1 Å². The second kappa shape index (κ2) is 30.3. The molecule has 0 saturated carbocycles. The summed E-state index contributed by atoms with van der Waals surface area (Å²) < 4.78 is 6.24. The Kier molecular flexibility index (Phi) is 20.1. The number of benzene rings is 6. The quantitative estimate of drug-likeness (QED) is 0.0472. The highest BCUT2D eigenvalue weighted by Crippen LogP contribution is 2.34. The van der Waals surface area contributed by atoms with E-state index in [0.717, 1.165) is 175 Å². The van der Waals surface area contributed by atoms with Crippen LogP contribution in [0.3, 0.4) is 0 Å². The smallest absolute Gasteiger partial charge is 0.248 e. The van der Waals surface area contributed by atoms with Crippen LogP contribution in [0.25, 0.3) is 61.6 Å². The summed E-state index contributed by atoms with van der Waals surface area (Å²) in [5, 5.41) is 11.8. The molecule has 6 aromatic carbocycles. The summed E-state index contributed by atoms with van der Waals surface area (Å²) in [6.45, 7) is 24.5. The van der Waals surface area contributed by atoms with Crippen molar-refractivity contribution in [2.24, 2.45) is 11.5 Å². The number of aromatic amines is 1. The number of anilines is 9. The molecule has 0 radical (unpaired) electrons. The highest BCUT2D eigenvalue weighted by Gasteiger charge is 2.22. The third-order valence-corrected chi connectivity index (χ3v) is 19.7. The molecule has 514 valence electrons. The molecule has 0 spiro atoms. The summed E-state index contributed by atoms with van der Waals surface area (Å²) in [6.07, 6.45) is 14.5. The van der Waals surface area contributed by atoms with Gasteiger partial charge in [-0.25, -0.2) is 15.0 Å². The Hall–Kier alpha value is -11.5. The Morgan fingerprint density at radius 1 is 0.436 bits per heavy atom. The van der Waals surface area contributed by atoms with Gasteiger partial charge >= 0.3 is 0 Å². The molecule has 20 heteroatoms. The Morgan fingerprint density at radius 2 is 0.812 bits per heavy atom. The Labute approximate surface area is 589 Å². The fourth-order valence-electron chi connectivity index (χ4n) is 14.0. The van der Waals surface area contributed by atoms with E-state index in [-0.39, 0.29) is 0 Å². The number of primary amides is 2. The Bertz CT molecular complexity index is 4940. The number of imidazole rings is 3. The highest BCUT2D eigenvalue weighted by molar-refractivity contribution is 5.94. The Balaban J connectivity index is 0.000000129. The van der Waals surface area contributed by atoms with Crippen LogP contribution in [0.1, 0.15) is 54.8 Å². The molecule has 16 rings (SSSR count). The number of amides is 2. The van der Waals surface area contributed by atoms with Crippen LogP contribution >= 0.6 is 0 Å². The largest absolute Gasteiger partial charge is 0.369 e. The molecule has 0 unspecified atom stereocenters. The van der Waals surface area contributed by atoms with Crippen molar-refractivity contribution >= 4 is 90.8 Å². The number of carbonyl (C=O) groups excluding carboxylic acids is 2. The number of rotatable bonds is 18. The second-order valence-electron chi connectivity index (χ2n) is 26.3. The van der Waals surface area contributed by atoms with Gasteiger partial charge in [0.1, 0.15) is 0 Å². The van der Waals surface area contributed by atoms with Crippen molar-refractivity contribution in [3.05, 3.63) is 236 Å². The number of nitrogens with one attached hydrogen (secondary N) is 4. The van der Waals surface area contributed by atoms with E-state index in [1.165, 1.54) is 35.4 Å². The predicted molar refractivity (Wildman–Crippen MR) is 412 cm³/mol. The molecule has 2 amide bonds. The number of carbonyl (C=O) groups is 2. The van der Waals surface area contributed by atoms with Crippen molar-refractivity contribution in [1.29, 1.82) is 0 Å². The maximum Gasteiger partial charge on any atom is 0.248 e. The lowest BCUT2D eigenvalue weighted by atomic mass is 10.1. The number of fused-ring (bicyclic) bond motifs is 4. The predicted octanol–water partition coefficient (Wildman–Crippen LogP) is 14.1. The van der Waals surface area contributed by atoms with E-state index in [2.05, 4.69) is 219 Å². The first-order valence-electron chi connectivity index (χ1n) is 35.2. The first kappa shape index (κ1) is 66.8. The van der Waals surface area contributed by atoms with E-state index in [1.54, 1.807) is 36.7 Å². The molecule has 0 atom stereocenters. The van der Waals surface area contributed by atoms with Crippen molar-refractivity contribution in [1.82, 2.24) is 47.8 Å². The summed E-state index contributed by atoms with van der Waals surface area (Å²) >= 11 is 0. The minimum atomic E-state index is -0.428. The standard InChI is InChI=1S/C28H30N6.C27H30N6O.C26H28N6O/c1-20(2)32-15-17-33(18-16-32)24-7-5-23(6-8-24)31-25-9-10-27(34-14-13-30-28(25)34)22-4-3-21-11-12-29-26(21)19-22;1-2-14-31-16-18-32(19-17-31)23-9-7-22(8-10-23)30-24-11-12-25(33-15-13-29-27(24)33)20-3-5-21(6-4-20)26(28)34;1-2-30-15-17-31(18-16-30)22-9-7-21(8-10-22)29-23-11-12-24(32-14-13-28-26(23)32)19-3-5-20(6-4-19)25(27)33/h3-14,19-20,29,31H,15-18H2,1-2H3;3-13,15,30H,2,14,16-19H2,1H3,(H2,28,34);3-14,29H,2,15-18H2,1H3,(H2,27,33). The number of likely N-dealkylation sites (N-methyl/N-ethyl adjacent to an activating group) is 1.